The molecule has 74 valence electrons. The lowest BCUT2D eigenvalue weighted by molar-refractivity contribution is 0.760. The summed E-state index contributed by atoms with van der Waals surface area (Å²) in [4.78, 5) is 0. The quantitative estimate of drug-likeness (QED) is 0.759. The van der Waals surface area contributed by atoms with Gasteiger partial charge in [0.15, 0.2) is 0 Å². The maximum absolute atomic E-state index is 5.55. The standard InChI is InChI=1S/C9H12N2.2ClH/c10-6-8-5-7-3-1-2-4-9(7)11-8;;/h1-4,8,11H,5-6,10H2;2*1H. The maximum Gasteiger partial charge on any atom is 0.0424 e. The molecule has 0 aromatic heterocycles. The maximum atomic E-state index is 5.55. The van der Waals surface area contributed by atoms with Crippen LogP contribution in [0.3, 0.4) is 0 Å². The van der Waals surface area contributed by atoms with Crippen LogP contribution in [0.15, 0.2) is 24.3 Å². The van der Waals surface area contributed by atoms with Crippen LogP contribution in [0.2, 0.25) is 0 Å². The summed E-state index contributed by atoms with van der Waals surface area (Å²) in [6, 6.07) is 8.82. The van der Waals surface area contributed by atoms with Gasteiger partial charge in [0.2, 0.25) is 0 Å². The highest BCUT2D eigenvalue weighted by Crippen LogP contribution is 2.24. The van der Waals surface area contributed by atoms with Crippen molar-refractivity contribution in [1.82, 2.24) is 0 Å². The van der Waals surface area contributed by atoms with Gasteiger partial charge >= 0.3 is 0 Å². The molecule has 1 unspecified atom stereocenters. The van der Waals surface area contributed by atoms with Crippen LogP contribution in [0.25, 0.3) is 0 Å². The highest BCUT2D eigenvalue weighted by atomic mass is 35.5. The summed E-state index contributed by atoms with van der Waals surface area (Å²) in [5, 5.41) is 3.36. The Bertz CT molecular complexity index is 241. The predicted octanol–water partition coefficient (Wildman–Crippen LogP) is 1.83. The zero-order chi connectivity index (χ0) is 7.68. The fraction of sp³-hybridized carbons (Fsp3) is 0.333. The summed E-state index contributed by atoms with van der Waals surface area (Å²) in [6.45, 7) is 0.717. The van der Waals surface area contributed by atoms with Crippen molar-refractivity contribution in [2.24, 2.45) is 5.73 Å². The fourth-order valence-corrected chi connectivity index (χ4v) is 1.52. The molecule has 1 heterocycles. The first kappa shape index (κ1) is 12.6. The molecule has 0 radical (unpaired) electrons. The van der Waals surface area contributed by atoms with Crippen molar-refractivity contribution in [3.8, 4) is 0 Å². The van der Waals surface area contributed by atoms with Gasteiger partial charge in [-0.1, -0.05) is 18.2 Å². The van der Waals surface area contributed by atoms with Crippen LogP contribution in [-0.2, 0) is 6.42 Å². The molecule has 3 N–H and O–H groups in total. The van der Waals surface area contributed by atoms with Crippen molar-refractivity contribution in [3.05, 3.63) is 29.8 Å². The van der Waals surface area contributed by atoms with Crippen molar-refractivity contribution < 1.29 is 0 Å². The molecular formula is C9H14Cl2N2. The van der Waals surface area contributed by atoms with Crippen molar-refractivity contribution in [1.29, 1.82) is 0 Å². The summed E-state index contributed by atoms with van der Waals surface area (Å²) < 4.78 is 0. The zero-order valence-electron chi connectivity index (χ0n) is 7.19. The lowest BCUT2D eigenvalue weighted by Gasteiger charge is -2.05. The lowest BCUT2D eigenvalue weighted by atomic mass is 10.1. The Morgan fingerprint density at radius 1 is 1.31 bits per heavy atom. The van der Waals surface area contributed by atoms with Gasteiger partial charge in [-0.3, -0.25) is 0 Å². The zero-order valence-corrected chi connectivity index (χ0v) is 8.83. The van der Waals surface area contributed by atoms with Gasteiger partial charge in [-0.15, -0.1) is 24.8 Å². The highest BCUT2D eigenvalue weighted by molar-refractivity contribution is 5.85. The Balaban J connectivity index is 0.000000720. The minimum Gasteiger partial charge on any atom is -0.380 e. The largest absolute Gasteiger partial charge is 0.380 e. The van der Waals surface area contributed by atoms with E-state index in [9.17, 15) is 0 Å². The first-order valence-corrected chi connectivity index (χ1v) is 3.94. The van der Waals surface area contributed by atoms with Crippen LogP contribution < -0.4 is 11.1 Å². The lowest BCUT2D eigenvalue weighted by Crippen LogP contribution is -2.25. The Labute approximate surface area is 90.7 Å². The van der Waals surface area contributed by atoms with E-state index in [0.29, 0.717) is 12.6 Å². The van der Waals surface area contributed by atoms with Crippen LogP contribution in [0, 0.1) is 0 Å². The van der Waals surface area contributed by atoms with Gasteiger partial charge in [-0.05, 0) is 18.1 Å². The number of hydrogen-bond donors (Lipinski definition) is 2. The number of hydrogen-bond acceptors (Lipinski definition) is 2. The third kappa shape index (κ3) is 2.50. The molecule has 0 amide bonds. The topological polar surface area (TPSA) is 38.0 Å². The Hall–Kier alpha value is -0.440. The van der Waals surface area contributed by atoms with Gasteiger partial charge in [0, 0.05) is 18.3 Å². The second-order valence-electron chi connectivity index (χ2n) is 2.94. The normalized spacial score (nSPS) is 17.8. The molecule has 0 aliphatic carbocycles. The first-order valence-electron chi connectivity index (χ1n) is 3.94. The number of fused-ring (bicyclic) bond motifs is 1. The van der Waals surface area contributed by atoms with E-state index in [-0.39, 0.29) is 24.8 Å². The van der Waals surface area contributed by atoms with E-state index in [0.717, 1.165) is 6.42 Å². The molecule has 0 spiro atoms. The molecule has 0 saturated carbocycles. The summed E-state index contributed by atoms with van der Waals surface area (Å²) in [5.41, 5.74) is 8.20. The fourth-order valence-electron chi connectivity index (χ4n) is 1.52. The second-order valence-corrected chi connectivity index (χ2v) is 2.94. The molecule has 2 nitrogen and oxygen atoms in total. The number of anilines is 1. The van der Waals surface area contributed by atoms with E-state index in [4.69, 9.17) is 5.73 Å². The summed E-state index contributed by atoms with van der Waals surface area (Å²) >= 11 is 0. The van der Waals surface area contributed by atoms with Crippen LogP contribution in [0.1, 0.15) is 5.56 Å². The van der Waals surface area contributed by atoms with Crippen molar-refractivity contribution in [2.45, 2.75) is 12.5 Å². The second kappa shape index (κ2) is 5.32. The number of para-hydroxylation sites is 1. The molecule has 2 rings (SSSR count). The Morgan fingerprint density at radius 2 is 2.00 bits per heavy atom. The minimum atomic E-state index is 0. The monoisotopic (exact) mass is 220 g/mol. The molecule has 4 heteroatoms. The average molecular weight is 221 g/mol. The molecule has 1 aromatic carbocycles. The van der Waals surface area contributed by atoms with Crippen LogP contribution >= 0.6 is 24.8 Å². The number of rotatable bonds is 1. The van der Waals surface area contributed by atoms with E-state index in [1.54, 1.807) is 0 Å². The molecular weight excluding hydrogens is 207 g/mol. The summed E-state index contributed by atoms with van der Waals surface area (Å²) in [7, 11) is 0. The third-order valence-corrected chi connectivity index (χ3v) is 2.13. The van der Waals surface area contributed by atoms with E-state index in [1.165, 1.54) is 11.3 Å². The van der Waals surface area contributed by atoms with Gasteiger partial charge < -0.3 is 11.1 Å². The molecule has 1 atom stereocenters. The number of nitrogens with two attached hydrogens (primary N) is 1. The van der Waals surface area contributed by atoms with Gasteiger partial charge in [0.05, 0.1) is 0 Å². The summed E-state index contributed by atoms with van der Waals surface area (Å²) in [5.74, 6) is 0. The van der Waals surface area contributed by atoms with E-state index in [1.807, 2.05) is 6.07 Å². The Morgan fingerprint density at radius 3 is 2.62 bits per heavy atom. The molecule has 0 fully saturated rings. The SMILES string of the molecule is Cl.Cl.NCC1Cc2ccccc2N1. The highest BCUT2D eigenvalue weighted by Gasteiger charge is 2.17. The van der Waals surface area contributed by atoms with Crippen LogP contribution in [0.5, 0.6) is 0 Å². The third-order valence-electron chi connectivity index (χ3n) is 2.13. The van der Waals surface area contributed by atoms with Gasteiger partial charge in [-0.2, -0.15) is 0 Å². The van der Waals surface area contributed by atoms with Gasteiger partial charge in [-0.25, -0.2) is 0 Å². The van der Waals surface area contributed by atoms with E-state index >= 15 is 0 Å². The summed E-state index contributed by atoms with van der Waals surface area (Å²) in [6.07, 6.45) is 1.08. The van der Waals surface area contributed by atoms with Crippen molar-refractivity contribution in [3.63, 3.8) is 0 Å². The smallest absolute Gasteiger partial charge is 0.0424 e. The molecule has 1 aliphatic heterocycles. The van der Waals surface area contributed by atoms with Crippen LogP contribution in [0.4, 0.5) is 5.69 Å². The van der Waals surface area contributed by atoms with Crippen molar-refractivity contribution in [2.75, 3.05) is 11.9 Å². The molecule has 0 bridgehead atoms. The number of benzene rings is 1. The molecule has 0 saturated heterocycles. The van der Waals surface area contributed by atoms with Crippen molar-refractivity contribution >= 4 is 30.5 Å². The van der Waals surface area contributed by atoms with Crippen LogP contribution in [-0.4, -0.2) is 12.6 Å². The van der Waals surface area contributed by atoms with E-state index < -0.39 is 0 Å². The minimum absolute atomic E-state index is 0. The molecule has 1 aliphatic rings. The molecule has 13 heavy (non-hydrogen) atoms. The predicted molar refractivity (Wildman–Crippen MR) is 61.1 cm³/mol. The van der Waals surface area contributed by atoms with Gasteiger partial charge in [0.1, 0.15) is 0 Å². The molecule has 1 aromatic rings. The first-order chi connectivity index (χ1) is 5.40. The number of halogens is 2. The van der Waals surface area contributed by atoms with Gasteiger partial charge in [0.25, 0.3) is 0 Å². The van der Waals surface area contributed by atoms with E-state index in [2.05, 4.69) is 23.5 Å². The Kier molecular flexibility index (Phi) is 5.14. The number of nitrogens with one attached hydrogen (secondary N) is 1. The average Bonchev–Trinajstić information content (AvgIpc) is 2.46.